The Kier molecular flexibility index (Phi) is 5.27. The van der Waals surface area contributed by atoms with Gasteiger partial charge in [0.2, 0.25) is 0 Å². The van der Waals surface area contributed by atoms with Crippen molar-refractivity contribution in [1.82, 2.24) is 4.98 Å². The highest BCUT2D eigenvalue weighted by molar-refractivity contribution is 5.86. The van der Waals surface area contributed by atoms with E-state index in [1.54, 1.807) is 0 Å². The molecule has 1 aromatic heterocycles. The number of anilines is 1. The van der Waals surface area contributed by atoms with E-state index in [9.17, 15) is 0 Å². The Morgan fingerprint density at radius 2 is 1.96 bits per heavy atom. The van der Waals surface area contributed by atoms with Gasteiger partial charge in [-0.2, -0.15) is 0 Å². The third-order valence-corrected chi connectivity index (χ3v) is 5.90. The van der Waals surface area contributed by atoms with E-state index in [-0.39, 0.29) is 5.60 Å². The summed E-state index contributed by atoms with van der Waals surface area (Å²) in [7, 11) is 0. The maximum Gasteiger partial charge on any atom is 0.130 e. The first-order valence-electron chi connectivity index (χ1n) is 9.92. The van der Waals surface area contributed by atoms with Gasteiger partial charge in [0.1, 0.15) is 11.4 Å². The quantitative estimate of drug-likeness (QED) is 0.492. The molecule has 2 N–H and O–H groups in total. The third kappa shape index (κ3) is 3.44. The molecule has 2 heterocycles. The molecule has 1 aromatic carbocycles. The van der Waals surface area contributed by atoms with Gasteiger partial charge in [-0.1, -0.05) is 46.5 Å². The normalized spacial score (nSPS) is 17.0. The summed E-state index contributed by atoms with van der Waals surface area (Å²) in [5, 5.41) is 0. The molecule has 3 nitrogen and oxygen atoms in total. The predicted octanol–water partition coefficient (Wildman–Crippen LogP) is 6.28. The minimum Gasteiger partial charge on any atom is -0.482 e. The lowest BCUT2D eigenvalue weighted by Crippen LogP contribution is -2.29. The number of benzene rings is 1. The molecule has 0 saturated heterocycles. The highest BCUT2D eigenvalue weighted by Gasteiger charge is 2.34. The zero-order valence-corrected chi connectivity index (χ0v) is 16.8. The van der Waals surface area contributed by atoms with Crippen LogP contribution in [-0.4, -0.2) is 4.98 Å². The third-order valence-electron chi connectivity index (χ3n) is 5.90. The monoisotopic (exact) mass is 352 g/mol. The summed E-state index contributed by atoms with van der Waals surface area (Å²) in [4.78, 5) is 4.32. The Morgan fingerprint density at radius 3 is 2.69 bits per heavy atom. The Balaban J connectivity index is 1.96. The number of nitrogens with two attached hydrogens (primary N) is 1. The van der Waals surface area contributed by atoms with Crippen molar-refractivity contribution in [3.05, 3.63) is 41.7 Å². The summed E-state index contributed by atoms with van der Waals surface area (Å²) in [6, 6.07) is 6.37. The van der Waals surface area contributed by atoms with E-state index < -0.39 is 0 Å². The molecule has 2 unspecified atom stereocenters. The SMILES string of the molecule is CCCCCC(C)C(C)c1cc(N)c2c(c1)OC(C)(C)c1ccncc1-2. The molecular weight excluding hydrogens is 320 g/mol. The van der Waals surface area contributed by atoms with E-state index in [2.05, 4.69) is 51.7 Å². The largest absolute Gasteiger partial charge is 0.482 e. The standard InChI is InChI=1S/C23H32N2O/c1-6-7-8-9-15(2)16(3)17-12-20(24)22-18-14-25-11-10-19(18)23(4,5)26-21(22)13-17/h10-16H,6-9,24H2,1-5H3. The fraction of sp³-hybridized carbons (Fsp3) is 0.522. The van der Waals surface area contributed by atoms with Crippen LogP contribution in [0.5, 0.6) is 5.75 Å². The van der Waals surface area contributed by atoms with E-state index >= 15 is 0 Å². The van der Waals surface area contributed by atoms with Crippen molar-refractivity contribution in [2.75, 3.05) is 5.73 Å². The summed E-state index contributed by atoms with van der Waals surface area (Å²) in [5.74, 6) is 1.98. The highest BCUT2D eigenvalue weighted by atomic mass is 16.5. The maximum atomic E-state index is 6.50. The minimum atomic E-state index is -0.383. The van der Waals surface area contributed by atoms with Crippen molar-refractivity contribution >= 4 is 5.69 Å². The summed E-state index contributed by atoms with van der Waals surface area (Å²) in [5.41, 5.74) is 11.4. The number of nitrogens with zero attached hydrogens (tertiary/aromatic N) is 1. The van der Waals surface area contributed by atoms with E-state index in [0.717, 1.165) is 28.1 Å². The van der Waals surface area contributed by atoms with Crippen LogP contribution in [0.15, 0.2) is 30.6 Å². The van der Waals surface area contributed by atoms with Crippen molar-refractivity contribution in [1.29, 1.82) is 0 Å². The lowest BCUT2D eigenvalue weighted by atomic mass is 9.82. The number of unbranched alkanes of at least 4 members (excludes halogenated alkanes) is 2. The van der Waals surface area contributed by atoms with Crippen LogP contribution in [0, 0.1) is 5.92 Å². The highest BCUT2D eigenvalue weighted by Crippen LogP contribution is 2.48. The molecule has 2 aromatic rings. The minimum absolute atomic E-state index is 0.383. The Bertz CT molecular complexity index is 782. The number of nitrogen functional groups attached to an aromatic ring is 1. The summed E-state index contributed by atoms with van der Waals surface area (Å²) in [6.45, 7) is 11.1. The van der Waals surface area contributed by atoms with Crippen molar-refractivity contribution in [3.8, 4) is 16.9 Å². The molecule has 0 spiro atoms. The summed E-state index contributed by atoms with van der Waals surface area (Å²) < 4.78 is 6.39. The zero-order chi connectivity index (χ0) is 18.9. The van der Waals surface area contributed by atoms with Crippen molar-refractivity contribution in [2.45, 2.75) is 71.8 Å². The number of pyridine rings is 1. The van der Waals surface area contributed by atoms with E-state index in [1.807, 2.05) is 18.5 Å². The maximum absolute atomic E-state index is 6.50. The van der Waals surface area contributed by atoms with Crippen LogP contribution in [-0.2, 0) is 5.60 Å². The molecular formula is C23H32N2O. The number of hydrogen-bond donors (Lipinski definition) is 1. The van der Waals surface area contributed by atoms with Crippen LogP contribution in [0.25, 0.3) is 11.1 Å². The Hall–Kier alpha value is -2.03. The fourth-order valence-corrected chi connectivity index (χ4v) is 4.03. The number of hydrogen-bond acceptors (Lipinski definition) is 3. The second-order valence-electron chi connectivity index (χ2n) is 8.28. The van der Waals surface area contributed by atoms with Gasteiger partial charge in [-0.05, 0) is 49.4 Å². The van der Waals surface area contributed by atoms with Gasteiger partial charge in [-0.15, -0.1) is 0 Å². The van der Waals surface area contributed by atoms with Crippen LogP contribution < -0.4 is 10.5 Å². The lowest BCUT2D eigenvalue weighted by molar-refractivity contribution is 0.105. The number of aromatic nitrogens is 1. The molecule has 26 heavy (non-hydrogen) atoms. The van der Waals surface area contributed by atoms with Gasteiger partial charge in [0.15, 0.2) is 0 Å². The molecule has 0 bridgehead atoms. The summed E-state index contributed by atoms with van der Waals surface area (Å²) >= 11 is 0. The lowest BCUT2D eigenvalue weighted by Gasteiger charge is -2.36. The Labute approximate surface area is 158 Å². The smallest absolute Gasteiger partial charge is 0.130 e. The fourth-order valence-electron chi connectivity index (χ4n) is 4.03. The van der Waals surface area contributed by atoms with Crippen molar-refractivity contribution in [2.24, 2.45) is 5.92 Å². The molecule has 140 valence electrons. The van der Waals surface area contributed by atoms with Gasteiger partial charge in [0.25, 0.3) is 0 Å². The molecule has 3 rings (SSSR count). The Morgan fingerprint density at radius 1 is 1.19 bits per heavy atom. The molecule has 1 aliphatic heterocycles. The topological polar surface area (TPSA) is 48.1 Å². The van der Waals surface area contributed by atoms with Crippen LogP contribution in [0.2, 0.25) is 0 Å². The zero-order valence-electron chi connectivity index (χ0n) is 16.8. The van der Waals surface area contributed by atoms with Gasteiger partial charge in [-0.3, -0.25) is 4.98 Å². The molecule has 2 atom stereocenters. The van der Waals surface area contributed by atoms with Crippen LogP contribution in [0.3, 0.4) is 0 Å². The molecule has 0 fully saturated rings. The number of fused-ring (bicyclic) bond motifs is 3. The van der Waals surface area contributed by atoms with Crippen LogP contribution in [0.4, 0.5) is 5.69 Å². The molecule has 0 aliphatic carbocycles. The summed E-state index contributed by atoms with van der Waals surface area (Å²) in [6.07, 6.45) is 8.86. The first-order valence-corrected chi connectivity index (χ1v) is 9.92. The van der Waals surface area contributed by atoms with Gasteiger partial charge < -0.3 is 10.5 Å². The van der Waals surface area contributed by atoms with Crippen LogP contribution >= 0.6 is 0 Å². The van der Waals surface area contributed by atoms with Gasteiger partial charge in [0, 0.05) is 34.8 Å². The number of rotatable bonds is 6. The second kappa shape index (κ2) is 7.30. The van der Waals surface area contributed by atoms with Gasteiger partial charge in [-0.25, -0.2) is 0 Å². The van der Waals surface area contributed by atoms with Crippen molar-refractivity contribution in [3.63, 3.8) is 0 Å². The van der Waals surface area contributed by atoms with E-state index in [0.29, 0.717) is 11.8 Å². The molecule has 0 amide bonds. The number of ether oxygens (including phenoxy) is 1. The molecule has 1 aliphatic rings. The van der Waals surface area contributed by atoms with Gasteiger partial charge >= 0.3 is 0 Å². The average molecular weight is 353 g/mol. The van der Waals surface area contributed by atoms with E-state index in [4.69, 9.17) is 10.5 Å². The predicted molar refractivity (Wildman–Crippen MR) is 109 cm³/mol. The molecule has 0 radical (unpaired) electrons. The average Bonchev–Trinajstić information content (AvgIpc) is 2.60. The van der Waals surface area contributed by atoms with Crippen molar-refractivity contribution < 1.29 is 4.74 Å². The first-order chi connectivity index (χ1) is 12.3. The molecule has 3 heteroatoms. The van der Waals surface area contributed by atoms with Gasteiger partial charge in [0.05, 0.1) is 0 Å². The first kappa shape index (κ1) is 18.8. The van der Waals surface area contributed by atoms with Crippen LogP contribution in [0.1, 0.15) is 77.3 Å². The van der Waals surface area contributed by atoms with E-state index in [1.165, 1.54) is 31.2 Å². The second-order valence-corrected chi connectivity index (χ2v) is 8.28. The molecule has 0 saturated carbocycles.